The molecule has 2 heterocycles. The maximum atomic E-state index is 14.4. The van der Waals surface area contributed by atoms with E-state index in [9.17, 15) is 14.3 Å². The lowest BCUT2D eigenvalue weighted by Crippen LogP contribution is -2.41. The van der Waals surface area contributed by atoms with Crippen LogP contribution in [0.2, 0.25) is 0 Å². The van der Waals surface area contributed by atoms with Crippen LogP contribution in [0.4, 0.5) is 10.1 Å². The number of halogens is 1. The van der Waals surface area contributed by atoms with Gasteiger partial charge in [0.25, 0.3) is 5.91 Å². The zero-order valence-corrected chi connectivity index (χ0v) is 19.5. The van der Waals surface area contributed by atoms with Crippen LogP contribution >= 0.6 is 0 Å². The average Bonchev–Trinajstić information content (AvgIpc) is 3.28. The smallest absolute Gasteiger partial charge is 0.253 e. The third kappa shape index (κ3) is 4.08. The first-order chi connectivity index (χ1) is 16.5. The zero-order valence-electron chi connectivity index (χ0n) is 19.5. The quantitative estimate of drug-likeness (QED) is 0.588. The Kier molecular flexibility index (Phi) is 6.11. The summed E-state index contributed by atoms with van der Waals surface area (Å²) in [4.78, 5) is 16.4. The Hall–Kier alpha value is -3.22. The van der Waals surface area contributed by atoms with Gasteiger partial charge in [-0.15, -0.1) is 0 Å². The molecular formula is C28H30FN3O2. The first kappa shape index (κ1) is 22.6. The SMILES string of the molecule is CN(C)C(=O)c1cccc(-c2ccc3c(c2)[C@@H]2[C@@H](CCN2Cc2ccccc2F)[C@@H](CO)N3)c1. The highest BCUT2D eigenvalue weighted by molar-refractivity contribution is 5.95. The summed E-state index contributed by atoms with van der Waals surface area (Å²) in [5.74, 6) is 0.0234. The van der Waals surface area contributed by atoms with Crippen molar-refractivity contribution in [1.82, 2.24) is 9.80 Å². The van der Waals surface area contributed by atoms with E-state index in [1.54, 1.807) is 25.1 Å². The molecule has 2 aliphatic heterocycles. The van der Waals surface area contributed by atoms with Gasteiger partial charge in [-0.3, -0.25) is 9.69 Å². The molecule has 0 radical (unpaired) electrons. The van der Waals surface area contributed by atoms with Crippen molar-refractivity contribution >= 4 is 11.6 Å². The van der Waals surface area contributed by atoms with Gasteiger partial charge in [-0.25, -0.2) is 4.39 Å². The highest BCUT2D eigenvalue weighted by Crippen LogP contribution is 2.48. The molecule has 3 aromatic carbocycles. The third-order valence-corrected chi connectivity index (χ3v) is 7.15. The van der Waals surface area contributed by atoms with Gasteiger partial charge in [0.1, 0.15) is 5.82 Å². The summed E-state index contributed by atoms with van der Waals surface area (Å²) in [5, 5.41) is 13.6. The van der Waals surface area contributed by atoms with E-state index in [1.165, 1.54) is 6.07 Å². The van der Waals surface area contributed by atoms with Crippen LogP contribution in [0.5, 0.6) is 0 Å². The predicted octanol–water partition coefficient (Wildman–Crippen LogP) is 4.54. The number of hydrogen-bond acceptors (Lipinski definition) is 4. The zero-order chi connectivity index (χ0) is 23.8. The number of amides is 1. The highest BCUT2D eigenvalue weighted by atomic mass is 19.1. The normalized spacial score (nSPS) is 21.5. The molecular weight excluding hydrogens is 429 g/mol. The predicted molar refractivity (Wildman–Crippen MR) is 132 cm³/mol. The van der Waals surface area contributed by atoms with Crippen molar-refractivity contribution < 1.29 is 14.3 Å². The highest BCUT2D eigenvalue weighted by Gasteiger charge is 2.44. The van der Waals surface area contributed by atoms with Crippen molar-refractivity contribution in [3.63, 3.8) is 0 Å². The molecule has 2 aliphatic rings. The Balaban J connectivity index is 1.53. The number of nitrogens with one attached hydrogen (secondary N) is 1. The molecule has 0 bridgehead atoms. The Morgan fingerprint density at radius 1 is 1.09 bits per heavy atom. The van der Waals surface area contributed by atoms with E-state index in [2.05, 4.69) is 28.4 Å². The summed E-state index contributed by atoms with van der Waals surface area (Å²) < 4.78 is 14.4. The lowest BCUT2D eigenvalue weighted by atomic mass is 9.82. The fourth-order valence-electron chi connectivity index (χ4n) is 5.45. The van der Waals surface area contributed by atoms with Gasteiger partial charge in [0.2, 0.25) is 0 Å². The van der Waals surface area contributed by atoms with Crippen LogP contribution in [0.25, 0.3) is 11.1 Å². The molecule has 0 unspecified atom stereocenters. The van der Waals surface area contributed by atoms with Crippen molar-refractivity contribution in [1.29, 1.82) is 0 Å². The monoisotopic (exact) mass is 459 g/mol. The molecule has 6 heteroatoms. The van der Waals surface area contributed by atoms with Gasteiger partial charge >= 0.3 is 0 Å². The second kappa shape index (κ2) is 9.20. The summed E-state index contributed by atoms with van der Waals surface area (Å²) in [6.45, 7) is 1.44. The topological polar surface area (TPSA) is 55.8 Å². The number of rotatable bonds is 5. The molecule has 5 rings (SSSR count). The number of fused-ring (bicyclic) bond motifs is 3. The minimum absolute atomic E-state index is 0.0285. The molecule has 3 aromatic rings. The van der Waals surface area contributed by atoms with Crippen LogP contribution in [0, 0.1) is 11.7 Å². The number of hydrogen-bond donors (Lipinski definition) is 2. The van der Waals surface area contributed by atoms with Crippen molar-refractivity contribution in [3.8, 4) is 11.1 Å². The first-order valence-electron chi connectivity index (χ1n) is 11.8. The maximum Gasteiger partial charge on any atom is 0.253 e. The van der Waals surface area contributed by atoms with Gasteiger partial charge in [-0.1, -0.05) is 36.4 Å². The minimum Gasteiger partial charge on any atom is -0.394 e. The van der Waals surface area contributed by atoms with E-state index in [1.807, 2.05) is 36.4 Å². The molecule has 3 atom stereocenters. The Bertz CT molecular complexity index is 1210. The largest absolute Gasteiger partial charge is 0.394 e. The summed E-state index contributed by atoms with van der Waals surface area (Å²) in [6.07, 6.45) is 0.938. The van der Waals surface area contributed by atoms with Crippen molar-refractivity contribution in [2.75, 3.05) is 32.6 Å². The summed E-state index contributed by atoms with van der Waals surface area (Å²) in [6, 6.07) is 21.0. The molecule has 2 N–H and O–H groups in total. The molecule has 1 fully saturated rings. The van der Waals surface area contributed by atoms with E-state index in [-0.39, 0.29) is 36.3 Å². The van der Waals surface area contributed by atoms with Crippen molar-refractivity contribution in [2.45, 2.75) is 25.0 Å². The number of aliphatic hydroxyl groups excluding tert-OH is 1. The molecule has 0 saturated carbocycles. The van der Waals surface area contributed by atoms with Crippen LogP contribution in [-0.2, 0) is 6.54 Å². The number of nitrogens with zero attached hydrogens (tertiary/aromatic N) is 2. The number of benzene rings is 3. The van der Waals surface area contributed by atoms with Gasteiger partial charge in [0, 0.05) is 49.4 Å². The van der Waals surface area contributed by atoms with E-state index >= 15 is 0 Å². The van der Waals surface area contributed by atoms with Crippen LogP contribution in [0.3, 0.4) is 0 Å². The van der Waals surface area contributed by atoms with Crippen LogP contribution < -0.4 is 5.32 Å². The molecule has 5 nitrogen and oxygen atoms in total. The molecule has 34 heavy (non-hydrogen) atoms. The molecule has 1 saturated heterocycles. The van der Waals surface area contributed by atoms with E-state index in [4.69, 9.17) is 0 Å². The van der Waals surface area contributed by atoms with Gasteiger partial charge in [0.15, 0.2) is 0 Å². The minimum atomic E-state index is -0.185. The van der Waals surface area contributed by atoms with Crippen LogP contribution in [0.15, 0.2) is 66.7 Å². The molecule has 176 valence electrons. The fourth-order valence-corrected chi connectivity index (χ4v) is 5.45. The molecule has 0 spiro atoms. The summed E-state index contributed by atoms with van der Waals surface area (Å²) in [7, 11) is 3.50. The third-order valence-electron chi connectivity index (χ3n) is 7.15. The van der Waals surface area contributed by atoms with Gasteiger partial charge in [-0.05, 0) is 60.0 Å². The van der Waals surface area contributed by atoms with Crippen molar-refractivity contribution in [3.05, 3.63) is 89.2 Å². The number of carbonyl (C=O) groups is 1. The van der Waals surface area contributed by atoms with Gasteiger partial charge < -0.3 is 15.3 Å². The Morgan fingerprint density at radius 3 is 2.65 bits per heavy atom. The van der Waals surface area contributed by atoms with E-state index in [0.29, 0.717) is 17.7 Å². The second-order valence-electron chi connectivity index (χ2n) is 9.48. The Labute approximate surface area is 199 Å². The number of likely N-dealkylation sites (tertiary alicyclic amines) is 1. The standard InChI is InChI=1S/C28H30FN3O2/c1-31(2)28(34)20-8-5-7-18(14-20)19-10-11-25-23(15-19)27-22(26(17-33)30-25)12-13-32(27)16-21-6-3-4-9-24(21)29/h3-11,14-15,22,26-27,30,33H,12-13,16-17H2,1-2H3/t22-,26+,27-/m0/s1. The van der Waals surface area contributed by atoms with Gasteiger partial charge in [0.05, 0.1) is 12.6 Å². The summed E-state index contributed by atoms with van der Waals surface area (Å²) >= 11 is 0. The van der Waals surface area contributed by atoms with Crippen LogP contribution in [0.1, 0.15) is 33.9 Å². The first-order valence-corrected chi connectivity index (χ1v) is 11.8. The molecule has 0 aliphatic carbocycles. The maximum absolute atomic E-state index is 14.4. The molecule has 1 amide bonds. The number of aliphatic hydroxyl groups is 1. The van der Waals surface area contributed by atoms with E-state index < -0.39 is 0 Å². The molecule has 0 aromatic heterocycles. The fraction of sp³-hybridized carbons (Fsp3) is 0.321. The number of anilines is 1. The van der Waals surface area contributed by atoms with E-state index in [0.717, 1.165) is 35.3 Å². The number of carbonyl (C=O) groups excluding carboxylic acids is 1. The average molecular weight is 460 g/mol. The van der Waals surface area contributed by atoms with Crippen LogP contribution in [-0.4, -0.2) is 54.1 Å². The lowest BCUT2D eigenvalue weighted by Gasteiger charge is -2.39. The van der Waals surface area contributed by atoms with Gasteiger partial charge in [-0.2, -0.15) is 0 Å². The second-order valence-corrected chi connectivity index (χ2v) is 9.48. The van der Waals surface area contributed by atoms with Crippen molar-refractivity contribution in [2.24, 2.45) is 5.92 Å². The summed E-state index contributed by atoms with van der Waals surface area (Å²) in [5.41, 5.74) is 5.52. The Morgan fingerprint density at radius 2 is 1.88 bits per heavy atom. The lowest BCUT2D eigenvalue weighted by molar-refractivity contribution is 0.0827.